The molecule has 0 fully saturated rings. The number of fused-ring (bicyclic) bond motifs is 1. The highest BCUT2D eigenvalue weighted by Gasteiger charge is 2.19. The van der Waals surface area contributed by atoms with Crippen LogP contribution in [0.3, 0.4) is 0 Å². The van der Waals surface area contributed by atoms with E-state index < -0.39 is 0 Å². The highest BCUT2D eigenvalue weighted by atomic mass is 79.9. The van der Waals surface area contributed by atoms with E-state index in [1.165, 1.54) is 6.26 Å². The van der Waals surface area contributed by atoms with Gasteiger partial charge in [0.05, 0.1) is 36.0 Å². The number of hydrogen-bond donors (Lipinski definition) is 0. The van der Waals surface area contributed by atoms with E-state index in [1.54, 1.807) is 38.0 Å². The van der Waals surface area contributed by atoms with Crippen molar-refractivity contribution in [1.29, 1.82) is 0 Å². The van der Waals surface area contributed by atoms with Crippen LogP contribution in [0.4, 0.5) is 0 Å². The largest absolute Gasteiger partial charge is 0.493 e. The number of aromatic nitrogens is 1. The van der Waals surface area contributed by atoms with Gasteiger partial charge in [0.2, 0.25) is 0 Å². The Morgan fingerprint density at radius 1 is 1.04 bits per heavy atom. The van der Waals surface area contributed by atoms with Crippen molar-refractivity contribution in [1.82, 2.24) is 4.57 Å². The lowest BCUT2D eigenvalue weighted by Gasteiger charge is -2.17. The van der Waals surface area contributed by atoms with Gasteiger partial charge in [0.1, 0.15) is 5.75 Å². The third-order valence-corrected chi connectivity index (χ3v) is 4.99. The molecule has 0 N–H and O–H groups in total. The Morgan fingerprint density at radius 3 is 2.27 bits per heavy atom. The topological polar surface area (TPSA) is 49.7 Å². The number of hydrogen-bond acceptors (Lipinski definition) is 4. The Morgan fingerprint density at radius 2 is 1.65 bits per heavy atom. The van der Waals surface area contributed by atoms with Crippen LogP contribution in [0.15, 0.2) is 58.5 Å². The molecule has 0 bridgehead atoms. The fourth-order valence-electron chi connectivity index (χ4n) is 2.95. The Labute approximate surface area is 159 Å². The summed E-state index contributed by atoms with van der Waals surface area (Å²) in [7, 11) is 4.83. The number of pyridine rings is 1. The predicted molar refractivity (Wildman–Crippen MR) is 106 cm³/mol. The van der Waals surface area contributed by atoms with Crippen molar-refractivity contribution in [3.63, 3.8) is 0 Å². The second-order valence-electron chi connectivity index (χ2n) is 5.56. The number of rotatable bonds is 5. The summed E-state index contributed by atoms with van der Waals surface area (Å²) in [6.45, 7) is 3.61. The zero-order valence-electron chi connectivity index (χ0n) is 14.7. The Hall–Kier alpha value is -2.73. The van der Waals surface area contributed by atoms with Gasteiger partial charge in [-0.25, -0.2) is 0 Å². The van der Waals surface area contributed by atoms with Gasteiger partial charge in [-0.2, -0.15) is 0 Å². The van der Waals surface area contributed by atoms with E-state index in [0.29, 0.717) is 28.3 Å². The first-order chi connectivity index (χ1) is 12.5. The third kappa shape index (κ3) is 2.86. The molecule has 0 saturated carbocycles. The average molecular weight is 416 g/mol. The van der Waals surface area contributed by atoms with E-state index in [1.807, 2.05) is 24.3 Å². The van der Waals surface area contributed by atoms with Crippen LogP contribution < -0.4 is 19.8 Å². The van der Waals surface area contributed by atoms with Crippen molar-refractivity contribution in [2.45, 2.75) is 0 Å². The molecule has 1 heterocycles. The van der Waals surface area contributed by atoms with Gasteiger partial charge in [-0.3, -0.25) is 4.79 Å². The predicted octanol–water partition coefficient (Wildman–Crippen LogP) is 4.51. The second kappa shape index (κ2) is 7.25. The van der Waals surface area contributed by atoms with Crippen LogP contribution in [0.1, 0.15) is 0 Å². The van der Waals surface area contributed by atoms with Crippen LogP contribution in [-0.4, -0.2) is 18.8 Å². The Bertz CT molecular complexity index is 1060. The minimum Gasteiger partial charge on any atom is -0.493 e. The van der Waals surface area contributed by atoms with Gasteiger partial charge in [0.15, 0.2) is 11.5 Å². The lowest BCUT2D eigenvalue weighted by molar-refractivity contribution is 0.356. The van der Waals surface area contributed by atoms with E-state index >= 15 is 0 Å². The van der Waals surface area contributed by atoms with Crippen molar-refractivity contribution in [3.05, 3.63) is 64.1 Å². The van der Waals surface area contributed by atoms with Crippen molar-refractivity contribution < 1.29 is 14.2 Å². The fraction of sp³-hybridized carbons (Fsp3) is 0.150. The molecule has 0 radical (unpaired) electrons. The summed E-state index contributed by atoms with van der Waals surface area (Å²) in [5, 5.41) is 1.26. The molecule has 2 aromatic carbocycles. The van der Waals surface area contributed by atoms with Crippen molar-refractivity contribution >= 4 is 26.7 Å². The lowest BCUT2D eigenvalue weighted by Crippen LogP contribution is -2.19. The number of benzene rings is 2. The Balaban J connectivity index is 2.42. The van der Waals surface area contributed by atoms with Crippen LogP contribution in [-0.2, 0) is 7.05 Å². The molecule has 0 unspecified atom stereocenters. The first kappa shape index (κ1) is 18.1. The lowest BCUT2D eigenvalue weighted by atomic mass is 10.0. The monoisotopic (exact) mass is 415 g/mol. The molecule has 0 spiro atoms. The molecule has 1 aromatic heterocycles. The van der Waals surface area contributed by atoms with E-state index in [0.717, 1.165) is 15.4 Å². The van der Waals surface area contributed by atoms with Crippen molar-refractivity contribution in [3.8, 4) is 28.5 Å². The smallest absolute Gasteiger partial charge is 0.258 e. The Kier molecular flexibility index (Phi) is 5.04. The zero-order chi connectivity index (χ0) is 18.8. The summed E-state index contributed by atoms with van der Waals surface area (Å²) >= 11 is 3.66. The molecule has 0 aliphatic rings. The summed E-state index contributed by atoms with van der Waals surface area (Å²) in [6, 6.07) is 11.0. The molecule has 0 amide bonds. The molecule has 3 aromatic rings. The molecule has 134 valence electrons. The van der Waals surface area contributed by atoms with Crippen molar-refractivity contribution in [2.24, 2.45) is 7.05 Å². The normalized spacial score (nSPS) is 10.6. The van der Waals surface area contributed by atoms with Crippen LogP contribution in [0.2, 0.25) is 0 Å². The fourth-order valence-corrected chi connectivity index (χ4v) is 3.76. The highest BCUT2D eigenvalue weighted by Crippen LogP contribution is 2.40. The summed E-state index contributed by atoms with van der Waals surface area (Å²) in [6.07, 6.45) is 1.36. The third-order valence-electron chi connectivity index (χ3n) is 4.19. The molecule has 5 nitrogen and oxygen atoms in total. The van der Waals surface area contributed by atoms with Crippen molar-refractivity contribution in [2.75, 3.05) is 14.2 Å². The summed E-state index contributed by atoms with van der Waals surface area (Å²) in [5.41, 5.74) is 1.33. The van der Waals surface area contributed by atoms with Crippen LogP contribution in [0, 0.1) is 0 Å². The quantitative estimate of drug-likeness (QED) is 0.575. The molecule has 0 aliphatic carbocycles. The van der Waals surface area contributed by atoms with Crippen LogP contribution >= 0.6 is 15.9 Å². The first-order valence-corrected chi connectivity index (χ1v) is 8.64. The standard InChI is InChI=1S/C20H18BrNO4/c1-5-26-15-9-7-6-8-12(15)19-18(21)13-10-16(24-3)17(25-4)11-14(13)20(23)22(19)2/h5-11H,1H2,2-4H3. The number of methoxy groups -OCH3 is 2. The molecular formula is C20H18BrNO4. The summed E-state index contributed by atoms with van der Waals surface area (Å²) in [4.78, 5) is 13.0. The van der Waals surface area contributed by atoms with Gasteiger partial charge in [0.25, 0.3) is 5.56 Å². The van der Waals surface area contributed by atoms with Gasteiger partial charge in [0, 0.05) is 18.0 Å². The van der Waals surface area contributed by atoms with E-state index in [4.69, 9.17) is 14.2 Å². The molecular weight excluding hydrogens is 398 g/mol. The first-order valence-electron chi connectivity index (χ1n) is 7.84. The maximum Gasteiger partial charge on any atom is 0.258 e. The van der Waals surface area contributed by atoms with Gasteiger partial charge >= 0.3 is 0 Å². The minimum absolute atomic E-state index is 0.146. The number of ether oxygens (including phenoxy) is 3. The van der Waals surface area contributed by atoms with E-state index in [2.05, 4.69) is 22.5 Å². The van der Waals surface area contributed by atoms with E-state index in [-0.39, 0.29) is 5.56 Å². The minimum atomic E-state index is -0.146. The molecule has 0 saturated heterocycles. The average Bonchev–Trinajstić information content (AvgIpc) is 2.66. The van der Waals surface area contributed by atoms with Gasteiger partial charge in [-0.15, -0.1) is 0 Å². The number of para-hydroxylation sites is 1. The van der Waals surface area contributed by atoms with Crippen LogP contribution in [0.5, 0.6) is 17.2 Å². The highest BCUT2D eigenvalue weighted by molar-refractivity contribution is 9.10. The maximum atomic E-state index is 13.0. The molecule has 26 heavy (non-hydrogen) atoms. The molecule has 0 atom stereocenters. The van der Waals surface area contributed by atoms with Crippen LogP contribution in [0.25, 0.3) is 22.0 Å². The van der Waals surface area contributed by atoms with Gasteiger partial charge in [-0.05, 0) is 40.2 Å². The second-order valence-corrected chi connectivity index (χ2v) is 6.35. The molecule has 0 aliphatic heterocycles. The molecule has 6 heteroatoms. The van der Waals surface area contributed by atoms with Gasteiger partial charge in [-0.1, -0.05) is 18.7 Å². The van der Waals surface area contributed by atoms with Gasteiger partial charge < -0.3 is 18.8 Å². The SMILES string of the molecule is C=COc1ccccc1-c1c(Br)c2cc(OC)c(OC)cc2c(=O)n1C. The zero-order valence-corrected chi connectivity index (χ0v) is 16.3. The van der Waals surface area contributed by atoms with E-state index in [9.17, 15) is 4.79 Å². The number of halogens is 1. The summed E-state index contributed by atoms with van der Waals surface area (Å²) in [5.74, 6) is 1.67. The maximum absolute atomic E-state index is 13.0. The number of nitrogens with zero attached hydrogens (tertiary/aromatic N) is 1. The molecule has 3 rings (SSSR count). The summed E-state index contributed by atoms with van der Waals surface area (Å²) < 4.78 is 18.6.